The Hall–Kier alpha value is -3.19. The summed E-state index contributed by atoms with van der Waals surface area (Å²) in [5.41, 5.74) is -1.60. The number of urea groups is 1. The number of thiophene rings is 1. The number of nitro groups is 1. The summed E-state index contributed by atoms with van der Waals surface area (Å²) in [4.78, 5) is 38.7. The number of nitrogens with one attached hydrogen (secondary N) is 2. The zero-order valence-electron chi connectivity index (χ0n) is 16.7. The van der Waals surface area contributed by atoms with Crippen molar-refractivity contribution in [3.8, 4) is 0 Å². The van der Waals surface area contributed by atoms with Crippen LogP contribution in [0.4, 0.5) is 29.3 Å². The summed E-state index contributed by atoms with van der Waals surface area (Å²) in [6, 6.07) is 5.54. The van der Waals surface area contributed by atoms with E-state index >= 15 is 0 Å². The maximum atomic E-state index is 12.9. The van der Waals surface area contributed by atoms with E-state index in [1.165, 1.54) is 11.3 Å². The van der Waals surface area contributed by atoms with Gasteiger partial charge in [0.2, 0.25) is 5.91 Å². The standard InChI is InChI=1S/C19H20F3N5O4S/c20-19(21,22)13-3-4-15(16(10-13)27(30)31)26-7-5-25(6-8-26)12-17(28)24-18(29)23-11-14-2-1-9-32-14/h1-4,9-10H,5-8,11-12H2,(H2,23,24,28,29). The van der Waals surface area contributed by atoms with Crippen molar-refractivity contribution in [1.29, 1.82) is 0 Å². The first-order valence-electron chi connectivity index (χ1n) is 9.56. The fourth-order valence-electron chi connectivity index (χ4n) is 3.25. The highest BCUT2D eigenvalue weighted by atomic mass is 32.1. The minimum atomic E-state index is -4.68. The number of carbonyl (C=O) groups is 2. The minimum absolute atomic E-state index is 0.0463. The van der Waals surface area contributed by atoms with E-state index in [1.807, 2.05) is 17.5 Å². The number of imide groups is 1. The van der Waals surface area contributed by atoms with E-state index in [9.17, 15) is 32.9 Å². The smallest absolute Gasteiger partial charge is 0.363 e. The van der Waals surface area contributed by atoms with Crippen molar-refractivity contribution in [2.75, 3.05) is 37.6 Å². The van der Waals surface area contributed by atoms with Gasteiger partial charge in [-0.05, 0) is 23.6 Å². The molecule has 3 amide bonds. The molecule has 0 radical (unpaired) electrons. The summed E-state index contributed by atoms with van der Waals surface area (Å²) in [7, 11) is 0. The van der Waals surface area contributed by atoms with Crippen LogP contribution in [0.3, 0.4) is 0 Å². The summed E-state index contributed by atoms with van der Waals surface area (Å²) in [6.07, 6.45) is -4.68. The third-order valence-electron chi connectivity index (χ3n) is 4.84. The van der Waals surface area contributed by atoms with E-state index in [4.69, 9.17) is 0 Å². The fraction of sp³-hybridized carbons (Fsp3) is 0.368. The molecule has 1 aromatic heterocycles. The van der Waals surface area contributed by atoms with E-state index < -0.39 is 34.3 Å². The average Bonchev–Trinajstić information content (AvgIpc) is 3.25. The molecule has 172 valence electrons. The van der Waals surface area contributed by atoms with Gasteiger partial charge in [-0.1, -0.05) is 6.07 Å². The molecule has 2 aromatic rings. The second-order valence-corrected chi connectivity index (χ2v) is 8.06. The van der Waals surface area contributed by atoms with Crippen LogP contribution in [-0.2, 0) is 17.5 Å². The van der Waals surface area contributed by atoms with E-state index in [2.05, 4.69) is 10.6 Å². The quantitative estimate of drug-likeness (QED) is 0.496. The molecule has 3 rings (SSSR count). The minimum Gasteiger partial charge on any atom is -0.363 e. The molecule has 13 heteroatoms. The van der Waals surface area contributed by atoms with Gasteiger partial charge < -0.3 is 10.2 Å². The number of piperazine rings is 1. The Morgan fingerprint density at radius 1 is 1.16 bits per heavy atom. The van der Waals surface area contributed by atoms with Gasteiger partial charge in [0.25, 0.3) is 5.69 Å². The monoisotopic (exact) mass is 471 g/mol. The number of hydrogen-bond donors (Lipinski definition) is 2. The third kappa shape index (κ3) is 6.17. The molecule has 0 bridgehead atoms. The van der Waals surface area contributed by atoms with Crippen molar-refractivity contribution >= 4 is 34.6 Å². The predicted octanol–water partition coefficient (Wildman–Crippen LogP) is 2.82. The number of nitrogens with zero attached hydrogens (tertiary/aromatic N) is 3. The van der Waals surface area contributed by atoms with Crippen LogP contribution in [0.2, 0.25) is 0 Å². The molecule has 1 aromatic carbocycles. The summed E-state index contributed by atoms with van der Waals surface area (Å²) in [5.74, 6) is -0.498. The summed E-state index contributed by atoms with van der Waals surface area (Å²) >= 11 is 1.48. The lowest BCUT2D eigenvalue weighted by Gasteiger charge is -2.35. The van der Waals surface area contributed by atoms with E-state index in [1.54, 1.807) is 9.80 Å². The number of rotatable bonds is 6. The molecule has 9 nitrogen and oxygen atoms in total. The van der Waals surface area contributed by atoms with Gasteiger partial charge in [-0.3, -0.25) is 25.1 Å². The lowest BCUT2D eigenvalue weighted by molar-refractivity contribution is -0.384. The fourth-order valence-corrected chi connectivity index (χ4v) is 3.90. The molecule has 0 spiro atoms. The Morgan fingerprint density at radius 3 is 2.47 bits per heavy atom. The third-order valence-corrected chi connectivity index (χ3v) is 5.71. The average molecular weight is 471 g/mol. The van der Waals surface area contributed by atoms with E-state index in [0.717, 1.165) is 17.0 Å². The van der Waals surface area contributed by atoms with Crippen LogP contribution in [-0.4, -0.2) is 54.5 Å². The van der Waals surface area contributed by atoms with Crippen LogP contribution in [0.25, 0.3) is 0 Å². The second kappa shape index (κ2) is 9.96. The van der Waals surface area contributed by atoms with Crippen LogP contribution in [0.1, 0.15) is 10.4 Å². The van der Waals surface area contributed by atoms with Crippen LogP contribution in [0.5, 0.6) is 0 Å². The van der Waals surface area contributed by atoms with Gasteiger partial charge >= 0.3 is 12.2 Å². The van der Waals surface area contributed by atoms with Crippen molar-refractivity contribution in [1.82, 2.24) is 15.5 Å². The molecule has 2 heterocycles. The van der Waals surface area contributed by atoms with Crippen LogP contribution in [0, 0.1) is 10.1 Å². The Balaban J connectivity index is 1.51. The van der Waals surface area contributed by atoms with Gasteiger partial charge in [0.1, 0.15) is 5.69 Å². The van der Waals surface area contributed by atoms with Gasteiger partial charge in [-0.15, -0.1) is 11.3 Å². The molecule has 1 aliphatic rings. The maximum Gasteiger partial charge on any atom is 0.416 e. The van der Waals surface area contributed by atoms with Crippen molar-refractivity contribution in [3.63, 3.8) is 0 Å². The molecule has 32 heavy (non-hydrogen) atoms. The van der Waals surface area contributed by atoms with E-state index in [0.29, 0.717) is 25.7 Å². The van der Waals surface area contributed by atoms with Gasteiger partial charge in [-0.2, -0.15) is 13.2 Å². The Bertz CT molecular complexity index is 976. The highest BCUT2D eigenvalue weighted by Gasteiger charge is 2.34. The second-order valence-electron chi connectivity index (χ2n) is 7.03. The molecular formula is C19H20F3N5O4S. The molecule has 0 unspecified atom stereocenters. The van der Waals surface area contributed by atoms with Gasteiger partial charge in [0.05, 0.1) is 23.6 Å². The largest absolute Gasteiger partial charge is 0.416 e. The molecular weight excluding hydrogens is 451 g/mol. The highest BCUT2D eigenvalue weighted by molar-refractivity contribution is 7.09. The molecule has 0 atom stereocenters. The Kier molecular flexibility index (Phi) is 7.30. The number of carbonyl (C=O) groups excluding carboxylic acids is 2. The molecule has 2 N–H and O–H groups in total. The molecule has 1 aliphatic heterocycles. The van der Waals surface area contributed by atoms with Crippen molar-refractivity contribution in [2.45, 2.75) is 12.7 Å². The van der Waals surface area contributed by atoms with Crippen LogP contribution in [0.15, 0.2) is 35.7 Å². The van der Waals surface area contributed by atoms with Crippen molar-refractivity contribution in [2.24, 2.45) is 0 Å². The van der Waals surface area contributed by atoms with Gasteiger partial charge in [0.15, 0.2) is 0 Å². The van der Waals surface area contributed by atoms with Crippen molar-refractivity contribution < 1.29 is 27.7 Å². The predicted molar refractivity (Wildman–Crippen MR) is 111 cm³/mol. The lowest BCUT2D eigenvalue weighted by atomic mass is 10.1. The summed E-state index contributed by atoms with van der Waals surface area (Å²) < 4.78 is 38.6. The number of benzene rings is 1. The Labute approximate surface area is 184 Å². The van der Waals surface area contributed by atoms with Crippen molar-refractivity contribution in [3.05, 3.63) is 56.3 Å². The number of nitro benzene ring substituents is 1. The number of amides is 3. The first-order valence-corrected chi connectivity index (χ1v) is 10.4. The normalized spacial score (nSPS) is 14.8. The van der Waals surface area contributed by atoms with E-state index in [-0.39, 0.29) is 25.3 Å². The molecule has 1 saturated heterocycles. The zero-order chi connectivity index (χ0) is 23.3. The topological polar surface area (TPSA) is 108 Å². The highest BCUT2D eigenvalue weighted by Crippen LogP contribution is 2.36. The molecule has 0 aliphatic carbocycles. The van der Waals surface area contributed by atoms with Gasteiger partial charge in [0, 0.05) is 37.1 Å². The molecule has 1 fully saturated rings. The number of halogens is 3. The van der Waals surface area contributed by atoms with Gasteiger partial charge in [-0.25, -0.2) is 4.79 Å². The van der Waals surface area contributed by atoms with Crippen LogP contribution < -0.4 is 15.5 Å². The number of hydrogen-bond acceptors (Lipinski definition) is 7. The number of anilines is 1. The maximum absolute atomic E-state index is 12.9. The zero-order valence-corrected chi connectivity index (χ0v) is 17.5. The first kappa shape index (κ1) is 23.5. The molecule has 0 saturated carbocycles. The Morgan fingerprint density at radius 2 is 1.88 bits per heavy atom. The SMILES string of the molecule is O=C(CN1CCN(c2ccc(C(F)(F)F)cc2[N+](=O)[O-])CC1)NC(=O)NCc1cccs1. The summed E-state index contributed by atoms with van der Waals surface area (Å²) in [6.45, 7) is 1.52. The first-order chi connectivity index (χ1) is 15.1. The number of alkyl halides is 3. The lowest BCUT2D eigenvalue weighted by Crippen LogP contribution is -2.51. The van der Waals surface area contributed by atoms with Crippen LogP contribution >= 0.6 is 11.3 Å². The summed E-state index contributed by atoms with van der Waals surface area (Å²) in [5, 5.41) is 18.0.